The first kappa shape index (κ1) is 10.2. The van der Waals surface area contributed by atoms with Crippen LogP contribution in [-0.4, -0.2) is 18.6 Å². The molecule has 1 aromatic heterocycles. The number of hydrogen-bond acceptors (Lipinski definition) is 2. The lowest BCUT2D eigenvalue weighted by molar-refractivity contribution is 0.595. The molecule has 0 bridgehead atoms. The minimum absolute atomic E-state index is 0.761. The Bertz CT molecular complexity index is 596. The van der Waals surface area contributed by atoms with Crippen molar-refractivity contribution < 1.29 is 8.42 Å². The van der Waals surface area contributed by atoms with E-state index in [1.54, 1.807) is 6.20 Å². The molecule has 0 aliphatic heterocycles. The average Bonchev–Trinajstić information content (AvgIpc) is 2.55. The first-order chi connectivity index (χ1) is 7.04. The van der Waals surface area contributed by atoms with Gasteiger partial charge < -0.3 is 0 Å². The Balaban J connectivity index is 2.88. The molecule has 0 N–H and O–H groups in total. The number of fused-ring (bicyclic) bond motifs is 1. The first-order valence-electron chi connectivity index (χ1n) is 4.83. The molecule has 1 heterocycles. The molecule has 0 atom stereocenters. The Morgan fingerprint density at radius 2 is 1.93 bits per heavy atom. The molecule has 0 unspecified atom stereocenters. The third-order valence-corrected chi connectivity index (χ3v) is 3.52. The fourth-order valence-corrected chi connectivity index (χ4v) is 2.61. The highest BCUT2D eigenvalue weighted by molar-refractivity contribution is 7.89. The number of para-hydroxylation sites is 1. The fourth-order valence-electron chi connectivity index (χ4n) is 1.77. The Labute approximate surface area is 89.4 Å². The van der Waals surface area contributed by atoms with E-state index in [0.29, 0.717) is 0 Å². The SMILES string of the molecule is CCc1cn(S(C)(=O)=O)c2ccccc12. The molecule has 0 saturated heterocycles. The van der Waals surface area contributed by atoms with Crippen molar-refractivity contribution in [3.05, 3.63) is 36.0 Å². The van der Waals surface area contributed by atoms with Crippen molar-refractivity contribution in [3.8, 4) is 0 Å². The molecular weight excluding hydrogens is 210 g/mol. The quantitative estimate of drug-likeness (QED) is 0.781. The zero-order valence-corrected chi connectivity index (χ0v) is 9.58. The van der Waals surface area contributed by atoms with E-state index in [9.17, 15) is 8.42 Å². The summed E-state index contributed by atoms with van der Waals surface area (Å²) >= 11 is 0. The standard InChI is InChI=1S/C11H13NO2S/c1-3-9-8-12(15(2,13)14)11-7-5-4-6-10(9)11/h4-8H,3H2,1-2H3. The maximum Gasteiger partial charge on any atom is 0.236 e. The molecule has 15 heavy (non-hydrogen) atoms. The molecule has 2 aromatic rings. The lowest BCUT2D eigenvalue weighted by Crippen LogP contribution is -2.08. The van der Waals surface area contributed by atoms with Crippen molar-refractivity contribution >= 4 is 20.9 Å². The number of hydrogen-bond donors (Lipinski definition) is 0. The van der Waals surface area contributed by atoms with Gasteiger partial charge in [0.05, 0.1) is 11.8 Å². The second kappa shape index (κ2) is 3.38. The van der Waals surface area contributed by atoms with Gasteiger partial charge in [-0.25, -0.2) is 12.4 Å². The molecule has 3 nitrogen and oxygen atoms in total. The van der Waals surface area contributed by atoms with E-state index in [0.717, 1.165) is 22.9 Å². The highest BCUT2D eigenvalue weighted by Crippen LogP contribution is 2.22. The van der Waals surface area contributed by atoms with Crippen molar-refractivity contribution in [2.75, 3.05) is 6.26 Å². The van der Waals surface area contributed by atoms with Crippen LogP contribution in [0.15, 0.2) is 30.5 Å². The van der Waals surface area contributed by atoms with E-state index in [4.69, 9.17) is 0 Å². The minimum Gasteiger partial charge on any atom is -0.245 e. The van der Waals surface area contributed by atoms with Gasteiger partial charge in [0.2, 0.25) is 10.0 Å². The molecule has 0 radical (unpaired) electrons. The Morgan fingerprint density at radius 1 is 1.27 bits per heavy atom. The summed E-state index contributed by atoms with van der Waals surface area (Å²) in [6, 6.07) is 7.56. The van der Waals surface area contributed by atoms with E-state index in [2.05, 4.69) is 0 Å². The van der Waals surface area contributed by atoms with E-state index in [-0.39, 0.29) is 0 Å². The van der Waals surface area contributed by atoms with Gasteiger partial charge in [-0.15, -0.1) is 0 Å². The van der Waals surface area contributed by atoms with Gasteiger partial charge >= 0.3 is 0 Å². The summed E-state index contributed by atoms with van der Waals surface area (Å²) in [7, 11) is -3.20. The number of aryl methyl sites for hydroxylation is 1. The average molecular weight is 223 g/mol. The molecule has 0 aliphatic carbocycles. The maximum atomic E-state index is 11.5. The van der Waals surface area contributed by atoms with E-state index >= 15 is 0 Å². The zero-order valence-electron chi connectivity index (χ0n) is 8.77. The topological polar surface area (TPSA) is 39.1 Å². The van der Waals surface area contributed by atoms with Crippen LogP contribution in [0.2, 0.25) is 0 Å². The summed E-state index contributed by atoms with van der Waals surface area (Å²) in [5.74, 6) is 0. The van der Waals surface area contributed by atoms with Crippen LogP contribution in [0, 0.1) is 0 Å². The second-order valence-electron chi connectivity index (χ2n) is 3.58. The molecule has 0 spiro atoms. The third-order valence-electron chi connectivity index (χ3n) is 2.50. The molecule has 4 heteroatoms. The van der Waals surface area contributed by atoms with Crippen LogP contribution >= 0.6 is 0 Å². The summed E-state index contributed by atoms with van der Waals surface area (Å²) in [5.41, 5.74) is 1.83. The van der Waals surface area contributed by atoms with Crippen molar-refractivity contribution in [1.82, 2.24) is 3.97 Å². The van der Waals surface area contributed by atoms with Gasteiger partial charge in [0.1, 0.15) is 0 Å². The first-order valence-corrected chi connectivity index (χ1v) is 6.68. The lowest BCUT2D eigenvalue weighted by atomic mass is 10.1. The Morgan fingerprint density at radius 3 is 2.53 bits per heavy atom. The molecule has 2 rings (SSSR count). The highest BCUT2D eigenvalue weighted by Gasteiger charge is 2.12. The molecule has 0 fully saturated rings. The largest absolute Gasteiger partial charge is 0.245 e. The van der Waals surface area contributed by atoms with E-state index in [1.165, 1.54) is 10.2 Å². The third kappa shape index (κ3) is 1.65. The van der Waals surface area contributed by atoms with Crippen LogP contribution in [0.1, 0.15) is 12.5 Å². The van der Waals surface area contributed by atoms with Gasteiger partial charge in [-0.3, -0.25) is 0 Å². The van der Waals surface area contributed by atoms with Crippen LogP contribution in [-0.2, 0) is 16.4 Å². The van der Waals surface area contributed by atoms with Crippen molar-refractivity contribution in [3.63, 3.8) is 0 Å². The van der Waals surface area contributed by atoms with Crippen LogP contribution in [0.4, 0.5) is 0 Å². The molecule has 0 aliphatic rings. The predicted molar refractivity (Wildman–Crippen MR) is 61.6 cm³/mol. The summed E-state index contributed by atoms with van der Waals surface area (Å²) in [4.78, 5) is 0. The normalized spacial score (nSPS) is 12.1. The smallest absolute Gasteiger partial charge is 0.236 e. The monoisotopic (exact) mass is 223 g/mol. The highest BCUT2D eigenvalue weighted by atomic mass is 32.2. The number of benzene rings is 1. The van der Waals surface area contributed by atoms with Crippen molar-refractivity contribution in [2.24, 2.45) is 0 Å². The summed E-state index contributed by atoms with van der Waals surface area (Å²) in [6.07, 6.45) is 3.77. The van der Waals surface area contributed by atoms with Gasteiger partial charge in [0.15, 0.2) is 0 Å². The molecule has 1 aromatic carbocycles. The molecule has 0 saturated carbocycles. The summed E-state index contributed by atoms with van der Waals surface area (Å²) in [6.45, 7) is 2.02. The Kier molecular flexibility index (Phi) is 2.31. The van der Waals surface area contributed by atoms with Gasteiger partial charge in [-0.2, -0.15) is 0 Å². The Hall–Kier alpha value is -1.29. The van der Waals surface area contributed by atoms with Gasteiger partial charge in [-0.1, -0.05) is 25.1 Å². The maximum absolute atomic E-state index is 11.5. The van der Waals surface area contributed by atoms with Crippen LogP contribution in [0.25, 0.3) is 10.9 Å². The van der Waals surface area contributed by atoms with Crippen LogP contribution < -0.4 is 0 Å². The van der Waals surface area contributed by atoms with E-state index in [1.807, 2.05) is 31.2 Å². The fraction of sp³-hybridized carbons (Fsp3) is 0.273. The zero-order chi connectivity index (χ0) is 11.1. The van der Waals surface area contributed by atoms with Crippen LogP contribution in [0.3, 0.4) is 0 Å². The van der Waals surface area contributed by atoms with Crippen molar-refractivity contribution in [2.45, 2.75) is 13.3 Å². The van der Waals surface area contributed by atoms with Crippen molar-refractivity contribution in [1.29, 1.82) is 0 Å². The number of rotatable bonds is 2. The molecule has 0 amide bonds. The molecular formula is C11H13NO2S. The second-order valence-corrected chi connectivity index (χ2v) is 5.44. The van der Waals surface area contributed by atoms with Gasteiger partial charge in [-0.05, 0) is 18.1 Å². The van der Waals surface area contributed by atoms with E-state index < -0.39 is 10.0 Å². The lowest BCUT2D eigenvalue weighted by Gasteiger charge is -2.00. The van der Waals surface area contributed by atoms with Gasteiger partial charge in [0.25, 0.3) is 0 Å². The predicted octanol–water partition coefficient (Wildman–Crippen LogP) is 2.01. The number of nitrogens with zero attached hydrogens (tertiary/aromatic N) is 1. The minimum atomic E-state index is -3.20. The molecule has 80 valence electrons. The van der Waals surface area contributed by atoms with Crippen LogP contribution in [0.5, 0.6) is 0 Å². The summed E-state index contributed by atoms with van der Waals surface area (Å²) in [5, 5.41) is 1.02. The van der Waals surface area contributed by atoms with Gasteiger partial charge in [0, 0.05) is 11.6 Å². The summed E-state index contributed by atoms with van der Waals surface area (Å²) < 4.78 is 24.4. The number of aromatic nitrogens is 1.